The molecule has 0 aliphatic carbocycles. The lowest BCUT2D eigenvalue weighted by Gasteiger charge is -2.06. The Balaban J connectivity index is 1.90. The third-order valence-corrected chi connectivity index (χ3v) is 4.71. The number of carbonyl (C=O) groups excluding carboxylic acids is 2. The van der Waals surface area contributed by atoms with Gasteiger partial charge in [0.1, 0.15) is 16.0 Å². The van der Waals surface area contributed by atoms with Gasteiger partial charge >= 0.3 is 0 Å². The van der Waals surface area contributed by atoms with E-state index in [9.17, 15) is 19.8 Å². The van der Waals surface area contributed by atoms with E-state index < -0.39 is 11.8 Å². The molecule has 136 valence electrons. The molecule has 10 heteroatoms. The Kier molecular flexibility index (Phi) is 7.01. The van der Waals surface area contributed by atoms with E-state index in [0.29, 0.717) is 15.1 Å². The van der Waals surface area contributed by atoms with Crippen LogP contribution in [0.15, 0.2) is 44.4 Å². The molecule has 0 heterocycles. The van der Waals surface area contributed by atoms with Gasteiger partial charge < -0.3 is 15.5 Å². The van der Waals surface area contributed by atoms with Crippen LogP contribution in [0.5, 0.6) is 11.5 Å². The average Bonchev–Trinajstić information content (AvgIpc) is 2.62. The van der Waals surface area contributed by atoms with E-state index in [2.05, 4.69) is 47.7 Å². The number of rotatable bonds is 5. The first kappa shape index (κ1) is 20.2. The predicted molar refractivity (Wildman–Crippen MR) is 105 cm³/mol. The molecule has 0 saturated carbocycles. The summed E-state index contributed by atoms with van der Waals surface area (Å²) in [4.78, 5) is 23.6. The summed E-state index contributed by atoms with van der Waals surface area (Å²) in [7, 11) is 0. The van der Waals surface area contributed by atoms with Gasteiger partial charge in [0.15, 0.2) is 0 Å². The number of nitrogens with zero attached hydrogens (tertiary/aromatic N) is 1. The van der Waals surface area contributed by atoms with Crippen LogP contribution in [0.25, 0.3) is 0 Å². The molecule has 0 fully saturated rings. The van der Waals surface area contributed by atoms with Crippen LogP contribution in [0.3, 0.4) is 0 Å². The lowest BCUT2D eigenvalue weighted by molar-refractivity contribution is -0.120. The van der Waals surface area contributed by atoms with Gasteiger partial charge in [-0.05, 0) is 62.2 Å². The number of phenols is 2. The van der Waals surface area contributed by atoms with Gasteiger partial charge in [-0.25, -0.2) is 5.43 Å². The number of carbonyl (C=O) groups is 2. The summed E-state index contributed by atoms with van der Waals surface area (Å²) in [6, 6.07) is 7.64. The van der Waals surface area contributed by atoms with Crippen LogP contribution in [0.1, 0.15) is 15.9 Å². The highest BCUT2D eigenvalue weighted by Crippen LogP contribution is 2.40. The first-order chi connectivity index (χ1) is 12.3. The molecule has 0 aliphatic rings. The van der Waals surface area contributed by atoms with Crippen molar-refractivity contribution in [2.24, 2.45) is 5.10 Å². The van der Waals surface area contributed by atoms with Gasteiger partial charge in [0.2, 0.25) is 0 Å². The summed E-state index contributed by atoms with van der Waals surface area (Å²) in [6.07, 6.45) is 1.20. The van der Waals surface area contributed by atoms with Gasteiger partial charge in [-0.15, -0.1) is 0 Å². The minimum Gasteiger partial charge on any atom is -0.506 e. The second-order valence-corrected chi connectivity index (χ2v) is 7.03. The van der Waals surface area contributed by atoms with Gasteiger partial charge in [-0.1, -0.05) is 11.6 Å². The largest absolute Gasteiger partial charge is 0.506 e. The highest BCUT2D eigenvalue weighted by molar-refractivity contribution is 9.11. The van der Waals surface area contributed by atoms with E-state index in [0.717, 1.165) is 0 Å². The fraction of sp³-hybridized carbons (Fsp3) is 0.0625. The summed E-state index contributed by atoms with van der Waals surface area (Å²) in [6.45, 7) is -0.284. The summed E-state index contributed by atoms with van der Waals surface area (Å²) >= 11 is 11.9. The van der Waals surface area contributed by atoms with Crippen LogP contribution in [0.4, 0.5) is 0 Å². The molecule has 0 saturated heterocycles. The number of nitrogens with one attached hydrogen (secondary N) is 2. The van der Waals surface area contributed by atoms with Crippen molar-refractivity contribution in [3.8, 4) is 11.5 Å². The highest BCUT2D eigenvalue weighted by atomic mass is 79.9. The van der Waals surface area contributed by atoms with E-state index in [1.807, 2.05) is 0 Å². The zero-order valence-corrected chi connectivity index (χ0v) is 16.9. The SMILES string of the molecule is O=C(CNC(=O)c1ccc(Cl)cc1)N/N=C\c1cc(Br)c(O)c(Br)c1O. The third-order valence-electron chi connectivity index (χ3n) is 3.11. The quantitative estimate of drug-likeness (QED) is 0.370. The molecular weight excluding hydrogens is 493 g/mol. The molecule has 26 heavy (non-hydrogen) atoms. The maximum atomic E-state index is 11.9. The van der Waals surface area contributed by atoms with Gasteiger partial charge in [-0.2, -0.15) is 5.10 Å². The highest BCUT2D eigenvalue weighted by Gasteiger charge is 2.13. The third kappa shape index (κ3) is 5.20. The number of hydrogen-bond donors (Lipinski definition) is 4. The maximum Gasteiger partial charge on any atom is 0.259 e. The minimum absolute atomic E-state index is 0.0925. The zero-order chi connectivity index (χ0) is 19.3. The molecule has 4 N–H and O–H groups in total. The Labute approximate surface area is 170 Å². The number of benzene rings is 2. The molecule has 0 bridgehead atoms. The van der Waals surface area contributed by atoms with Crippen LogP contribution in [0.2, 0.25) is 5.02 Å². The summed E-state index contributed by atoms with van der Waals surface area (Å²) in [5, 5.41) is 26.2. The molecule has 0 aromatic heterocycles. The summed E-state index contributed by atoms with van der Waals surface area (Å²) in [5.74, 6) is -1.38. The molecule has 0 unspecified atom stereocenters. The van der Waals surface area contributed by atoms with E-state index in [-0.39, 0.29) is 28.1 Å². The molecule has 0 radical (unpaired) electrons. The molecular formula is C16H12Br2ClN3O4. The standard InChI is InChI=1S/C16H12Br2ClN3O4/c17-11-5-9(14(24)13(18)15(11)25)6-21-22-12(23)7-20-16(26)8-1-3-10(19)4-2-8/h1-6,24-25H,7H2,(H,20,26)(H,22,23)/b21-6-. The fourth-order valence-corrected chi connectivity index (χ4v) is 3.07. The predicted octanol–water partition coefficient (Wildman–Crippen LogP) is 3.16. The number of amides is 2. The Morgan fingerprint density at radius 3 is 2.46 bits per heavy atom. The van der Waals surface area contributed by atoms with Gasteiger partial charge in [0, 0.05) is 16.1 Å². The number of halogens is 3. The van der Waals surface area contributed by atoms with Gasteiger partial charge in [-0.3, -0.25) is 9.59 Å². The lowest BCUT2D eigenvalue weighted by atomic mass is 10.2. The summed E-state index contributed by atoms with van der Waals surface area (Å²) in [5.41, 5.74) is 2.84. The molecule has 7 nitrogen and oxygen atoms in total. The van der Waals surface area contributed by atoms with E-state index in [1.54, 1.807) is 12.1 Å². The maximum absolute atomic E-state index is 11.9. The number of aromatic hydroxyl groups is 2. The Morgan fingerprint density at radius 2 is 1.81 bits per heavy atom. The van der Waals surface area contributed by atoms with Crippen molar-refractivity contribution in [1.29, 1.82) is 0 Å². The Hall–Kier alpha value is -2.10. The lowest BCUT2D eigenvalue weighted by Crippen LogP contribution is -2.34. The zero-order valence-electron chi connectivity index (χ0n) is 13.0. The van der Waals surface area contributed by atoms with Crippen LogP contribution in [-0.4, -0.2) is 34.8 Å². The first-order valence-electron chi connectivity index (χ1n) is 7.05. The molecule has 2 aromatic rings. The monoisotopic (exact) mass is 503 g/mol. The molecule has 0 aliphatic heterocycles. The fourth-order valence-electron chi connectivity index (χ4n) is 1.79. The van der Waals surface area contributed by atoms with E-state index >= 15 is 0 Å². The van der Waals surface area contributed by atoms with Crippen LogP contribution in [0, 0.1) is 0 Å². The van der Waals surface area contributed by atoms with Crippen molar-refractivity contribution >= 4 is 61.5 Å². The average molecular weight is 506 g/mol. The normalized spacial score (nSPS) is 10.7. The van der Waals surface area contributed by atoms with Crippen molar-refractivity contribution in [1.82, 2.24) is 10.7 Å². The Morgan fingerprint density at radius 1 is 1.15 bits per heavy atom. The van der Waals surface area contributed by atoms with Crippen molar-refractivity contribution in [2.45, 2.75) is 0 Å². The summed E-state index contributed by atoms with van der Waals surface area (Å²) < 4.78 is 0.431. The van der Waals surface area contributed by atoms with Crippen molar-refractivity contribution in [3.05, 3.63) is 55.4 Å². The Bertz CT molecular complexity index is 873. The van der Waals surface area contributed by atoms with Gasteiger partial charge in [0.25, 0.3) is 11.8 Å². The minimum atomic E-state index is -0.556. The van der Waals surface area contributed by atoms with E-state index in [1.165, 1.54) is 24.4 Å². The second-order valence-electron chi connectivity index (χ2n) is 4.94. The number of phenolic OH excluding ortho intramolecular Hbond substituents is 2. The smallest absolute Gasteiger partial charge is 0.259 e. The van der Waals surface area contributed by atoms with Crippen LogP contribution in [-0.2, 0) is 4.79 Å². The van der Waals surface area contributed by atoms with Crippen molar-refractivity contribution in [2.75, 3.05) is 6.54 Å². The van der Waals surface area contributed by atoms with Gasteiger partial charge in [0.05, 0.1) is 17.2 Å². The topological polar surface area (TPSA) is 111 Å². The van der Waals surface area contributed by atoms with E-state index in [4.69, 9.17) is 11.6 Å². The second kappa shape index (κ2) is 9.02. The number of hydrogen-bond acceptors (Lipinski definition) is 5. The molecule has 0 spiro atoms. The first-order valence-corrected chi connectivity index (χ1v) is 9.01. The molecule has 0 atom stereocenters. The molecule has 2 amide bonds. The molecule has 2 aromatic carbocycles. The van der Waals surface area contributed by atoms with Crippen molar-refractivity contribution in [3.63, 3.8) is 0 Å². The van der Waals surface area contributed by atoms with Crippen LogP contribution >= 0.6 is 43.5 Å². The molecule has 2 rings (SSSR count). The van der Waals surface area contributed by atoms with Crippen LogP contribution < -0.4 is 10.7 Å². The number of hydrazone groups is 1. The van der Waals surface area contributed by atoms with Crippen molar-refractivity contribution < 1.29 is 19.8 Å².